The van der Waals surface area contributed by atoms with Gasteiger partial charge in [0.1, 0.15) is 0 Å². The molecule has 138 valence electrons. The van der Waals surface area contributed by atoms with E-state index in [1.54, 1.807) is 18.2 Å². The number of nitrogens with two attached hydrogens (primary N) is 1. The van der Waals surface area contributed by atoms with E-state index in [0.29, 0.717) is 22.3 Å². The van der Waals surface area contributed by atoms with Crippen LogP contribution in [0.3, 0.4) is 0 Å². The molecule has 1 aromatic heterocycles. The number of primary amides is 1. The topological polar surface area (TPSA) is 91.1 Å². The molecule has 0 aliphatic heterocycles. The van der Waals surface area contributed by atoms with Crippen molar-refractivity contribution in [3.8, 4) is 16.9 Å². The van der Waals surface area contributed by atoms with Gasteiger partial charge in [-0.1, -0.05) is 43.4 Å². The van der Waals surface area contributed by atoms with Gasteiger partial charge in [0.05, 0.1) is 16.7 Å². The first-order chi connectivity index (χ1) is 13.0. The maximum Gasteiger partial charge on any atom is 0.248 e. The van der Waals surface area contributed by atoms with Crippen molar-refractivity contribution in [2.75, 3.05) is 5.32 Å². The molecule has 0 aliphatic carbocycles. The first-order valence-corrected chi connectivity index (χ1v) is 9.07. The number of hydrogen-bond acceptors (Lipinski definition) is 4. The number of rotatable bonds is 6. The minimum absolute atomic E-state index is 0.112. The van der Waals surface area contributed by atoms with Crippen molar-refractivity contribution in [3.05, 3.63) is 76.1 Å². The number of aryl methyl sites for hydroxylation is 1. The Morgan fingerprint density at radius 3 is 2.26 bits per heavy atom. The van der Waals surface area contributed by atoms with Gasteiger partial charge in [0.25, 0.3) is 0 Å². The number of pyridine rings is 1. The van der Waals surface area contributed by atoms with Crippen molar-refractivity contribution < 1.29 is 9.90 Å². The van der Waals surface area contributed by atoms with Crippen LogP contribution in [0.15, 0.2) is 54.6 Å². The van der Waals surface area contributed by atoms with E-state index in [1.807, 2.05) is 43.3 Å². The highest BCUT2D eigenvalue weighted by molar-refractivity contribution is 7.71. The molecule has 1 amide bonds. The molecule has 0 radical (unpaired) electrons. The average molecular weight is 379 g/mol. The summed E-state index contributed by atoms with van der Waals surface area (Å²) in [6.45, 7) is 2.47. The summed E-state index contributed by atoms with van der Waals surface area (Å²) in [4.78, 5) is 14.4. The fourth-order valence-electron chi connectivity index (χ4n) is 2.78. The molecule has 5 N–H and O–H groups in total. The molecule has 0 saturated heterocycles. The Hall–Kier alpha value is -3.12. The van der Waals surface area contributed by atoms with Crippen molar-refractivity contribution in [1.29, 1.82) is 0 Å². The highest BCUT2D eigenvalue weighted by Gasteiger charge is 2.06. The number of aromatic amines is 1. The second kappa shape index (κ2) is 8.05. The smallest absolute Gasteiger partial charge is 0.248 e. The lowest BCUT2D eigenvalue weighted by molar-refractivity contribution is 0.100. The van der Waals surface area contributed by atoms with Crippen LogP contribution in [0.5, 0.6) is 5.75 Å². The first kappa shape index (κ1) is 18.7. The first-order valence-electron chi connectivity index (χ1n) is 8.66. The molecule has 2 aromatic carbocycles. The van der Waals surface area contributed by atoms with Crippen molar-refractivity contribution in [2.24, 2.45) is 5.73 Å². The van der Waals surface area contributed by atoms with Gasteiger partial charge < -0.3 is 21.1 Å². The quantitative estimate of drug-likeness (QED) is 0.478. The molecule has 0 unspecified atom stereocenters. The number of hydrogen-bond donors (Lipinski definition) is 4. The number of amides is 1. The van der Waals surface area contributed by atoms with Crippen molar-refractivity contribution >= 4 is 23.8 Å². The monoisotopic (exact) mass is 379 g/mol. The van der Waals surface area contributed by atoms with E-state index in [1.165, 1.54) is 0 Å². The average Bonchev–Trinajstić information content (AvgIpc) is 2.69. The summed E-state index contributed by atoms with van der Waals surface area (Å²) >= 11 is 5.20. The van der Waals surface area contributed by atoms with E-state index < -0.39 is 5.91 Å². The molecule has 0 atom stereocenters. The molecule has 5 nitrogen and oxygen atoms in total. The van der Waals surface area contributed by atoms with Crippen LogP contribution in [-0.2, 0) is 13.0 Å². The third-order valence-corrected chi connectivity index (χ3v) is 4.69. The minimum atomic E-state index is -0.435. The molecule has 1 heterocycles. The van der Waals surface area contributed by atoms with Crippen molar-refractivity contribution in [2.45, 2.75) is 19.9 Å². The number of carbonyl (C=O) groups excluding carboxylic acids is 1. The predicted octanol–water partition coefficient (Wildman–Crippen LogP) is 4.39. The SMILES string of the molecule is CCc1cc(=S)c(O)c(CNc2ccc(-c3ccc(C(N)=O)cc3)cc2)[nH]1. The standard InChI is InChI=1S/C21H21N3O2S/c1-2-16-11-19(27)20(25)18(24-16)12-23-17-9-7-14(8-10-17)13-3-5-15(6-4-13)21(22)26/h3-11,23,25H,2,12H2,1H3,(H2,22,26)(H,24,27). The third-order valence-electron chi connectivity index (χ3n) is 4.37. The predicted molar refractivity (Wildman–Crippen MR) is 110 cm³/mol. The molecule has 0 bridgehead atoms. The zero-order valence-corrected chi connectivity index (χ0v) is 15.8. The van der Waals surface area contributed by atoms with Crippen LogP contribution in [-0.4, -0.2) is 16.0 Å². The van der Waals surface area contributed by atoms with Gasteiger partial charge in [-0.2, -0.15) is 0 Å². The minimum Gasteiger partial charge on any atom is -0.505 e. The number of benzene rings is 2. The summed E-state index contributed by atoms with van der Waals surface area (Å²) in [6.07, 6.45) is 0.820. The Balaban J connectivity index is 1.72. The van der Waals surface area contributed by atoms with E-state index >= 15 is 0 Å². The number of aromatic nitrogens is 1. The van der Waals surface area contributed by atoms with Crippen LogP contribution in [0.2, 0.25) is 0 Å². The van der Waals surface area contributed by atoms with Gasteiger partial charge in [-0.3, -0.25) is 4.79 Å². The van der Waals surface area contributed by atoms with Gasteiger partial charge in [-0.25, -0.2) is 0 Å². The normalized spacial score (nSPS) is 10.6. The largest absolute Gasteiger partial charge is 0.505 e. The maximum atomic E-state index is 11.2. The van der Waals surface area contributed by atoms with Gasteiger partial charge >= 0.3 is 0 Å². The number of carbonyl (C=O) groups is 1. The van der Waals surface area contributed by atoms with Crippen LogP contribution < -0.4 is 11.1 Å². The van der Waals surface area contributed by atoms with Gasteiger partial charge in [-0.05, 0) is 47.9 Å². The molecular formula is C21H21N3O2S. The van der Waals surface area contributed by atoms with Crippen LogP contribution in [0.4, 0.5) is 5.69 Å². The highest BCUT2D eigenvalue weighted by atomic mass is 32.1. The molecule has 0 saturated carbocycles. The maximum absolute atomic E-state index is 11.2. The number of H-pyrrole nitrogens is 1. The fraction of sp³-hybridized carbons (Fsp3) is 0.143. The van der Waals surface area contributed by atoms with Crippen LogP contribution in [0.25, 0.3) is 11.1 Å². The van der Waals surface area contributed by atoms with E-state index in [4.69, 9.17) is 18.0 Å². The van der Waals surface area contributed by atoms with Crippen LogP contribution >= 0.6 is 12.2 Å². The number of anilines is 1. The number of nitrogens with one attached hydrogen (secondary N) is 2. The highest BCUT2D eigenvalue weighted by Crippen LogP contribution is 2.23. The summed E-state index contributed by atoms with van der Waals surface area (Å²) in [5, 5.41) is 13.4. The molecule has 0 aliphatic rings. The zero-order chi connectivity index (χ0) is 19.4. The Labute approximate surface area is 162 Å². The lowest BCUT2D eigenvalue weighted by atomic mass is 10.0. The Morgan fingerprint density at radius 2 is 1.70 bits per heavy atom. The second-order valence-corrected chi connectivity index (χ2v) is 6.65. The number of aromatic hydroxyl groups is 1. The van der Waals surface area contributed by atoms with Crippen LogP contribution in [0.1, 0.15) is 28.7 Å². The van der Waals surface area contributed by atoms with E-state index in [2.05, 4.69) is 10.3 Å². The summed E-state index contributed by atoms with van der Waals surface area (Å²) in [5.41, 5.74) is 10.4. The van der Waals surface area contributed by atoms with Gasteiger partial charge in [0, 0.05) is 16.9 Å². The lowest BCUT2D eigenvalue weighted by Gasteiger charge is -2.11. The van der Waals surface area contributed by atoms with E-state index in [9.17, 15) is 9.90 Å². The van der Waals surface area contributed by atoms with E-state index in [0.717, 1.165) is 28.9 Å². The molecular weight excluding hydrogens is 358 g/mol. The van der Waals surface area contributed by atoms with Gasteiger partial charge in [0.15, 0.2) is 5.75 Å². The lowest BCUT2D eigenvalue weighted by Crippen LogP contribution is -2.10. The molecule has 27 heavy (non-hydrogen) atoms. The second-order valence-electron chi connectivity index (χ2n) is 6.21. The molecule has 3 aromatic rings. The molecule has 6 heteroatoms. The van der Waals surface area contributed by atoms with Crippen molar-refractivity contribution in [1.82, 2.24) is 4.98 Å². The molecule has 0 fully saturated rings. The summed E-state index contributed by atoms with van der Waals surface area (Å²) in [7, 11) is 0. The summed E-state index contributed by atoms with van der Waals surface area (Å²) in [6, 6.07) is 16.9. The molecule has 3 rings (SSSR count). The Morgan fingerprint density at radius 1 is 1.11 bits per heavy atom. The van der Waals surface area contributed by atoms with Crippen molar-refractivity contribution in [3.63, 3.8) is 0 Å². The van der Waals surface area contributed by atoms with E-state index in [-0.39, 0.29) is 5.75 Å². The van der Waals surface area contributed by atoms with Gasteiger partial charge in [-0.15, -0.1) is 0 Å². The summed E-state index contributed by atoms with van der Waals surface area (Å²) in [5.74, 6) is -0.323. The Bertz CT molecular complexity index is 1010. The zero-order valence-electron chi connectivity index (χ0n) is 15.0. The molecule has 0 spiro atoms. The van der Waals surface area contributed by atoms with Gasteiger partial charge in [0.2, 0.25) is 5.91 Å². The fourth-order valence-corrected chi connectivity index (χ4v) is 3.05. The Kier molecular flexibility index (Phi) is 5.57. The van der Waals surface area contributed by atoms with Crippen LogP contribution in [0, 0.1) is 4.51 Å². The summed E-state index contributed by atoms with van der Waals surface area (Å²) < 4.78 is 0.456. The third kappa shape index (κ3) is 4.35.